The van der Waals surface area contributed by atoms with Gasteiger partial charge in [-0.3, -0.25) is 0 Å². The van der Waals surface area contributed by atoms with Gasteiger partial charge < -0.3 is 10.2 Å². The second kappa shape index (κ2) is 3.44. The van der Waals surface area contributed by atoms with Gasteiger partial charge in [0.1, 0.15) is 0 Å². The van der Waals surface area contributed by atoms with Gasteiger partial charge in [-0.1, -0.05) is 19.8 Å². The van der Waals surface area contributed by atoms with E-state index in [1.807, 2.05) is 6.92 Å². The lowest BCUT2D eigenvalue weighted by molar-refractivity contribution is -0.163. The van der Waals surface area contributed by atoms with Crippen LogP contribution in [0.25, 0.3) is 0 Å². The van der Waals surface area contributed by atoms with E-state index in [1.54, 1.807) is 0 Å². The van der Waals surface area contributed by atoms with E-state index in [-0.39, 0.29) is 0 Å². The zero-order valence-electron chi connectivity index (χ0n) is 7.42. The summed E-state index contributed by atoms with van der Waals surface area (Å²) in [6.07, 6.45) is 3.71. The summed E-state index contributed by atoms with van der Waals surface area (Å²) in [6, 6.07) is 0. The molecule has 1 aliphatic carbocycles. The first-order valence-electron chi connectivity index (χ1n) is 4.54. The number of hydrogen-bond donors (Lipinski definition) is 2. The van der Waals surface area contributed by atoms with Gasteiger partial charge in [-0.05, 0) is 25.2 Å². The molecule has 2 atom stereocenters. The van der Waals surface area contributed by atoms with Gasteiger partial charge in [-0.15, -0.1) is 0 Å². The summed E-state index contributed by atoms with van der Waals surface area (Å²) >= 11 is 0. The van der Waals surface area contributed by atoms with Crippen molar-refractivity contribution >= 4 is 5.97 Å². The second-order valence-electron chi connectivity index (χ2n) is 3.71. The first-order chi connectivity index (χ1) is 5.58. The number of carboxylic acids is 1. The Morgan fingerprint density at radius 1 is 1.67 bits per heavy atom. The van der Waals surface area contributed by atoms with Crippen molar-refractivity contribution in [2.75, 3.05) is 0 Å². The van der Waals surface area contributed by atoms with Crippen LogP contribution in [0.5, 0.6) is 0 Å². The highest BCUT2D eigenvalue weighted by Crippen LogP contribution is 2.34. The molecule has 70 valence electrons. The largest absolute Gasteiger partial charge is 0.479 e. The number of carbonyl (C=O) groups is 1. The van der Waals surface area contributed by atoms with E-state index < -0.39 is 11.6 Å². The van der Waals surface area contributed by atoms with E-state index in [9.17, 15) is 9.90 Å². The van der Waals surface area contributed by atoms with Crippen molar-refractivity contribution in [1.29, 1.82) is 0 Å². The predicted molar refractivity (Wildman–Crippen MR) is 44.8 cm³/mol. The molecule has 0 bridgehead atoms. The van der Waals surface area contributed by atoms with Crippen LogP contribution in [0.2, 0.25) is 0 Å². The first kappa shape index (κ1) is 9.52. The average Bonchev–Trinajstić information content (AvgIpc) is 2.04. The molecule has 1 aliphatic rings. The van der Waals surface area contributed by atoms with Gasteiger partial charge in [0.05, 0.1) is 0 Å². The fraction of sp³-hybridized carbons (Fsp3) is 0.889. The van der Waals surface area contributed by atoms with Crippen LogP contribution >= 0.6 is 0 Å². The molecule has 0 radical (unpaired) electrons. The molecule has 2 N–H and O–H groups in total. The van der Waals surface area contributed by atoms with E-state index in [2.05, 4.69) is 0 Å². The Morgan fingerprint density at radius 2 is 2.33 bits per heavy atom. The maximum atomic E-state index is 10.7. The minimum Gasteiger partial charge on any atom is -0.479 e. The van der Waals surface area contributed by atoms with E-state index in [4.69, 9.17) is 5.11 Å². The summed E-state index contributed by atoms with van der Waals surface area (Å²) in [6.45, 7) is 2.04. The van der Waals surface area contributed by atoms with Gasteiger partial charge in [-0.2, -0.15) is 0 Å². The number of aliphatic hydroxyl groups is 1. The molecule has 0 aliphatic heterocycles. The molecule has 12 heavy (non-hydrogen) atoms. The molecule has 0 aromatic heterocycles. The highest BCUT2D eigenvalue weighted by Gasteiger charge is 2.40. The third-order valence-electron chi connectivity index (χ3n) is 2.80. The molecule has 0 aromatic rings. The highest BCUT2D eigenvalue weighted by atomic mass is 16.4. The fourth-order valence-corrected chi connectivity index (χ4v) is 1.91. The lowest BCUT2D eigenvalue weighted by Crippen LogP contribution is -2.42. The van der Waals surface area contributed by atoms with Crippen LogP contribution in [0.3, 0.4) is 0 Å². The van der Waals surface area contributed by atoms with E-state index in [1.165, 1.54) is 0 Å². The second-order valence-corrected chi connectivity index (χ2v) is 3.71. The summed E-state index contributed by atoms with van der Waals surface area (Å²) in [7, 11) is 0. The predicted octanol–water partition coefficient (Wildman–Crippen LogP) is 1.40. The van der Waals surface area contributed by atoms with Crippen LogP contribution in [0, 0.1) is 5.92 Å². The zero-order valence-corrected chi connectivity index (χ0v) is 7.42. The third kappa shape index (κ3) is 1.78. The van der Waals surface area contributed by atoms with Gasteiger partial charge in [0.2, 0.25) is 0 Å². The fourth-order valence-electron chi connectivity index (χ4n) is 1.91. The van der Waals surface area contributed by atoms with Crippen molar-refractivity contribution in [2.24, 2.45) is 5.92 Å². The quantitative estimate of drug-likeness (QED) is 0.662. The van der Waals surface area contributed by atoms with Crippen LogP contribution in [-0.2, 0) is 4.79 Å². The Balaban J connectivity index is 2.61. The maximum Gasteiger partial charge on any atom is 0.335 e. The average molecular weight is 172 g/mol. The minimum absolute atomic E-state index is 0.389. The molecule has 1 fully saturated rings. The molecule has 1 rings (SSSR count). The molecule has 3 heteroatoms. The summed E-state index contributed by atoms with van der Waals surface area (Å²) in [5, 5.41) is 18.4. The summed E-state index contributed by atoms with van der Waals surface area (Å²) < 4.78 is 0. The monoisotopic (exact) mass is 172 g/mol. The number of aliphatic carboxylic acids is 1. The molecule has 0 amide bonds. The van der Waals surface area contributed by atoms with E-state index in [0.29, 0.717) is 18.8 Å². The topological polar surface area (TPSA) is 57.5 Å². The Morgan fingerprint density at radius 3 is 2.83 bits per heavy atom. The van der Waals surface area contributed by atoms with E-state index in [0.717, 1.165) is 19.3 Å². The third-order valence-corrected chi connectivity index (χ3v) is 2.80. The van der Waals surface area contributed by atoms with Crippen molar-refractivity contribution in [3.63, 3.8) is 0 Å². The van der Waals surface area contributed by atoms with Crippen molar-refractivity contribution in [1.82, 2.24) is 0 Å². The van der Waals surface area contributed by atoms with Gasteiger partial charge in [0.15, 0.2) is 5.60 Å². The van der Waals surface area contributed by atoms with Crippen LogP contribution in [0.4, 0.5) is 0 Å². The smallest absolute Gasteiger partial charge is 0.335 e. The van der Waals surface area contributed by atoms with Gasteiger partial charge in [-0.25, -0.2) is 4.79 Å². The maximum absolute atomic E-state index is 10.7. The lowest BCUT2D eigenvalue weighted by atomic mass is 9.77. The van der Waals surface area contributed by atoms with Crippen LogP contribution < -0.4 is 0 Å². The van der Waals surface area contributed by atoms with E-state index >= 15 is 0 Å². The Hall–Kier alpha value is -0.570. The molecule has 0 saturated heterocycles. The van der Waals surface area contributed by atoms with Gasteiger partial charge in [0.25, 0.3) is 0 Å². The highest BCUT2D eigenvalue weighted by molar-refractivity contribution is 5.77. The van der Waals surface area contributed by atoms with Gasteiger partial charge in [0, 0.05) is 0 Å². The Labute approximate surface area is 72.4 Å². The number of hydrogen-bond acceptors (Lipinski definition) is 2. The SMILES string of the molecule is CCC1CCCC(O)(C(=O)O)C1. The van der Waals surface area contributed by atoms with Crippen molar-refractivity contribution in [3.8, 4) is 0 Å². The zero-order chi connectivity index (χ0) is 9.19. The number of carboxylic acid groups (broad SMARTS) is 1. The normalized spacial score (nSPS) is 36.3. The summed E-state index contributed by atoms with van der Waals surface area (Å²) in [4.78, 5) is 10.7. The molecule has 1 saturated carbocycles. The van der Waals surface area contributed by atoms with Gasteiger partial charge >= 0.3 is 5.97 Å². The first-order valence-corrected chi connectivity index (χ1v) is 4.54. The lowest BCUT2D eigenvalue weighted by Gasteiger charge is -2.32. The van der Waals surface area contributed by atoms with Crippen molar-refractivity contribution < 1.29 is 15.0 Å². The van der Waals surface area contributed by atoms with Crippen molar-refractivity contribution in [2.45, 2.75) is 44.6 Å². The Bertz CT molecular complexity index is 179. The standard InChI is InChI=1S/C9H16O3/c1-2-7-4-3-5-9(12,6-7)8(10)11/h7,12H,2-6H2,1H3,(H,10,11). The molecule has 3 nitrogen and oxygen atoms in total. The molecule has 0 spiro atoms. The number of rotatable bonds is 2. The van der Waals surface area contributed by atoms with Crippen LogP contribution in [-0.4, -0.2) is 21.8 Å². The van der Waals surface area contributed by atoms with Crippen LogP contribution in [0.15, 0.2) is 0 Å². The van der Waals surface area contributed by atoms with Crippen molar-refractivity contribution in [3.05, 3.63) is 0 Å². The molecule has 0 heterocycles. The molecular formula is C9H16O3. The molecule has 2 unspecified atom stereocenters. The van der Waals surface area contributed by atoms with Crippen LogP contribution in [0.1, 0.15) is 39.0 Å². The molecule has 0 aromatic carbocycles. The summed E-state index contributed by atoms with van der Waals surface area (Å²) in [5.74, 6) is -0.666. The summed E-state index contributed by atoms with van der Waals surface area (Å²) in [5.41, 5.74) is -1.43. The Kier molecular flexibility index (Phi) is 2.73. The molecular weight excluding hydrogens is 156 g/mol. The minimum atomic E-state index is -1.43.